The third kappa shape index (κ3) is 7.16. The van der Waals surface area contributed by atoms with E-state index in [4.69, 9.17) is 32.7 Å². The minimum Gasteiger partial charge on any atom is -0.496 e. The normalized spacial score (nSPS) is 11.1. The number of halogens is 3. The molecule has 3 aromatic carbocycles. The Bertz CT molecular complexity index is 1450. The average molecular weight is 601 g/mol. The molecular weight excluding hydrogens is 577 g/mol. The summed E-state index contributed by atoms with van der Waals surface area (Å²) < 4.78 is 13.8. The van der Waals surface area contributed by atoms with Crippen molar-refractivity contribution in [3.05, 3.63) is 110 Å². The van der Waals surface area contributed by atoms with E-state index in [0.717, 1.165) is 28.0 Å². The molecule has 0 aliphatic rings. The molecule has 4 aromatic rings. The van der Waals surface area contributed by atoms with Crippen LogP contribution in [0.15, 0.2) is 77.4 Å². The van der Waals surface area contributed by atoms with Gasteiger partial charge in [0.2, 0.25) is 5.91 Å². The van der Waals surface area contributed by atoms with Crippen LogP contribution < -0.4 is 14.8 Å². The molecule has 0 unspecified atom stereocenters. The van der Waals surface area contributed by atoms with Gasteiger partial charge in [-0.15, -0.1) is 0 Å². The van der Waals surface area contributed by atoms with Crippen LogP contribution in [0.3, 0.4) is 0 Å². The molecule has 0 aliphatic heterocycles. The molecule has 1 N–H and O–H groups in total. The fourth-order valence-electron chi connectivity index (χ4n) is 3.61. The molecule has 0 spiro atoms. The maximum Gasteiger partial charge on any atom is 0.249 e. The maximum absolute atomic E-state index is 12.6. The third-order valence-electron chi connectivity index (χ3n) is 5.50. The molecule has 1 amide bonds. The van der Waals surface area contributed by atoms with Gasteiger partial charge in [-0.1, -0.05) is 53.5 Å². The van der Waals surface area contributed by atoms with Crippen LogP contribution >= 0.6 is 39.1 Å². The van der Waals surface area contributed by atoms with E-state index in [2.05, 4.69) is 26.3 Å². The first-order valence-electron chi connectivity index (χ1n) is 11.3. The van der Waals surface area contributed by atoms with Gasteiger partial charge >= 0.3 is 0 Å². The highest BCUT2D eigenvalue weighted by Crippen LogP contribution is 2.26. The van der Waals surface area contributed by atoms with Crippen molar-refractivity contribution in [1.29, 1.82) is 0 Å². The van der Waals surface area contributed by atoms with E-state index in [9.17, 15) is 4.79 Å². The Morgan fingerprint density at radius 1 is 1.08 bits per heavy atom. The summed E-state index contributed by atoms with van der Waals surface area (Å²) in [4.78, 5) is 12.6. The van der Waals surface area contributed by atoms with E-state index in [1.165, 1.54) is 6.08 Å². The lowest BCUT2D eigenvalue weighted by atomic mass is 10.1. The zero-order chi connectivity index (χ0) is 26.4. The fraction of sp³-hybridized carbons (Fsp3) is 0.143. The summed E-state index contributed by atoms with van der Waals surface area (Å²) in [6.07, 6.45) is 4.97. The first-order chi connectivity index (χ1) is 17.8. The lowest BCUT2D eigenvalue weighted by Gasteiger charge is -2.12. The van der Waals surface area contributed by atoms with E-state index in [1.807, 2.05) is 55.5 Å². The van der Waals surface area contributed by atoms with Crippen molar-refractivity contribution < 1.29 is 14.3 Å². The monoisotopic (exact) mass is 599 g/mol. The van der Waals surface area contributed by atoms with Crippen molar-refractivity contribution in [3.8, 4) is 11.5 Å². The van der Waals surface area contributed by atoms with Gasteiger partial charge in [-0.05, 0) is 76.0 Å². The zero-order valence-corrected chi connectivity index (χ0v) is 23.3. The van der Waals surface area contributed by atoms with Gasteiger partial charge < -0.3 is 14.8 Å². The molecule has 1 heterocycles. The molecule has 0 bridgehead atoms. The number of carbonyl (C=O) groups excluding carboxylic acids is 1. The van der Waals surface area contributed by atoms with Crippen LogP contribution in [-0.4, -0.2) is 22.8 Å². The Kier molecular flexibility index (Phi) is 8.92. The van der Waals surface area contributed by atoms with Gasteiger partial charge in [-0.2, -0.15) is 5.10 Å². The molecule has 1 aromatic heterocycles. The number of aromatic nitrogens is 2. The van der Waals surface area contributed by atoms with Crippen LogP contribution in [0, 0.1) is 6.92 Å². The molecule has 0 saturated heterocycles. The first-order valence-corrected chi connectivity index (χ1v) is 12.9. The molecule has 0 saturated carbocycles. The Labute approximate surface area is 233 Å². The van der Waals surface area contributed by atoms with Crippen LogP contribution in [0.4, 0.5) is 5.82 Å². The number of nitrogens with zero attached hydrogens (tertiary/aromatic N) is 2. The molecule has 4 rings (SSSR count). The number of ether oxygens (including phenoxy) is 2. The second kappa shape index (κ2) is 12.3. The minimum atomic E-state index is -0.311. The zero-order valence-electron chi connectivity index (χ0n) is 20.2. The summed E-state index contributed by atoms with van der Waals surface area (Å²) in [5.41, 5.74) is 3.70. The molecule has 0 fully saturated rings. The number of methoxy groups -OCH3 is 1. The summed E-state index contributed by atoms with van der Waals surface area (Å²) in [5, 5.41) is 8.21. The Morgan fingerprint density at radius 2 is 1.89 bits per heavy atom. The quantitative estimate of drug-likeness (QED) is 0.201. The van der Waals surface area contributed by atoms with Crippen molar-refractivity contribution in [2.45, 2.75) is 20.1 Å². The Hall–Kier alpha value is -3.26. The largest absolute Gasteiger partial charge is 0.496 e. The van der Waals surface area contributed by atoms with E-state index >= 15 is 0 Å². The van der Waals surface area contributed by atoms with Gasteiger partial charge in [-0.3, -0.25) is 9.48 Å². The standard InChI is InChI=1S/C28H24BrCl2N3O3/c1-18-5-3-4-6-25(18)37-17-21-13-19(8-11-26(21)36-2)9-12-27(35)32-28-22(29)16-34(33-28)15-20-7-10-23(30)24(31)14-20/h3-14,16H,15,17H2,1-2H3,(H,32,33,35)/b12-9+. The van der Waals surface area contributed by atoms with Crippen molar-refractivity contribution in [2.24, 2.45) is 0 Å². The molecule has 0 atom stereocenters. The van der Waals surface area contributed by atoms with Gasteiger partial charge in [0.1, 0.15) is 18.1 Å². The number of hydrogen-bond acceptors (Lipinski definition) is 4. The third-order valence-corrected chi connectivity index (χ3v) is 6.81. The molecule has 37 heavy (non-hydrogen) atoms. The number of hydrogen-bond donors (Lipinski definition) is 1. The van der Waals surface area contributed by atoms with E-state index in [-0.39, 0.29) is 5.91 Å². The second-order valence-electron chi connectivity index (χ2n) is 8.22. The molecule has 190 valence electrons. The predicted molar refractivity (Wildman–Crippen MR) is 152 cm³/mol. The predicted octanol–water partition coefficient (Wildman–Crippen LogP) is 7.55. The smallest absolute Gasteiger partial charge is 0.249 e. The number of aryl methyl sites for hydroxylation is 1. The van der Waals surface area contributed by atoms with Crippen molar-refractivity contribution in [2.75, 3.05) is 12.4 Å². The van der Waals surface area contributed by atoms with Crippen molar-refractivity contribution in [3.63, 3.8) is 0 Å². The SMILES string of the molecule is COc1ccc(/C=C/C(=O)Nc2nn(Cc3ccc(Cl)c(Cl)c3)cc2Br)cc1COc1ccccc1C. The van der Waals surface area contributed by atoms with Crippen LogP contribution in [0.25, 0.3) is 6.08 Å². The first kappa shape index (κ1) is 26.8. The highest BCUT2D eigenvalue weighted by atomic mass is 79.9. The Morgan fingerprint density at radius 3 is 2.65 bits per heavy atom. The fourth-order valence-corrected chi connectivity index (χ4v) is 4.34. The van der Waals surface area contributed by atoms with E-state index in [1.54, 1.807) is 36.2 Å². The van der Waals surface area contributed by atoms with Crippen molar-refractivity contribution >= 4 is 56.9 Å². The lowest BCUT2D eigenvalue weighted by molar-refractivity contribution is -0.111. The summed E-state index contributed by atoms with van der Waals surface area (Å²) in [5.74, 6) is 1.63. The lowest BCUT2D eigenvalue weighted by Crippen LogP contribution is -2.09. The van der Waals surface area contributed by atoms with Gasteiger partial charge in [0.25, 0.3) is 0 Å². The molecule has 0 radical (unpaired) electrons. The van der Waals surface area contributed by atoms with Crippen LogP contribution in [-0.2, 0) is 17.9 Å². The highest BCUT2D eigenvalue weighted by Gasteiger charge is 2.11. The van der Waals surface area contributed by atoms with E-state index < -0.39 is 0 Å². The second-order valence-corrected chi connectivity index (χ2v) is 9.89. The molecule has 6 nitrogen and oxygen atoms in total. The Balaban J connectivity index is 1.40. The van der Waals surface area contributed by atoms with Crippen LogP contribution in [0.5, 0.6) is 11.5 Å². The number of para-hydroxylation sites is 1. The van der Waals surface area contributed by atoms with Gasteiger partial charge in [-0.25, -0.2) is 0 Å². The molecule has 0 aliphatic carbocycles. The highest BCUT2D eigenvalue weighted by molar-refractivity contribution is 9.10. The van der Waals surface area contributed by atoms with Gasteiger partial charge in [0.05, 0.1) is 28.2 Å². The summed E-state index contributed by atoms with van der Waals surface area (Å²) in [6.45, 7) is 2.81. The topological polar surface area (TPSA) is 65.4 Å². The van der Waals surface area contributed by atoms with Gasteiger partial charge in [0.15, 0.2) is 5.82 Å². The number of carbonyl (C=O) groups is 1. The van der Waals surface area contributed by atoms with Gasteiger partial charge in [0, 0.05) is 17.8 Å². The van der Waals surface area contributed by atoms with Crippen LogP contribution in [0.2, 0.25) is 10.0 Å². The molecule has 9 heteroatoms. The number of rotatable bonds is 9. The van der Waals surface area contributed by atoms with E-state index in [0.29, 0.717) is 39.2 Å². The summed E-state index contributed by atoms with van der Waals surface area (Å²) >= 11 is 15.5. The maximum atomic E-state index is 12.6. The number of amides is 1. The summed E-state index contributed by atoms with van der Waals surface area (Å²) in [6, 6.07) is 18.9. The number of benzene rings is 3. The minimum absolute atomic E-state index is 0.311. The van der Waals surface area contributed by atoms with Crippen LogP contribution in [0.1, 0.15) is 22.3 Å². The number of anilines is 1. The summed E-state index contributed by atoms with van der Waals surface area (Å²) in [7, 11) is 1.62. The molecular formula is C28H24BrCl2N3O3. The van der Waals surface area contributed by atoms with Crippen molar-refractivity contribution in [1.82, 2.24) is 9.78 Å². The average Bonchev–Trinajstić information content (AvgIpc) is 3.22. The number of nitrogens with one attached hydrogen (secondary N) is 1.